The number of halogens is 5. The topological polar surface area (TPSA) is 139 Å². The van der Waals surface area contributed by atoms with Gasteiger partial charge in [0.2, 0.25) is 5.91 Å². The van der Waals surface area contributed by atoms with Gasteiger partial charge in [-0.3, -0.25) is 28.3 Å². The van der Waals surface area contributed by atoms with Crippen LogP contribution >= 0.6 is 58.3 Å². The van der Waals surface area contributed by atoms with Crippen LogP contribution in [0.25, 0.3) is 42.7 Å². The Kier molecular flexibility index (Phi) is 13.9. The molecule has 0 saturated carbocycles. The number of hydrogen-bond donors (Lipinski definition) is 2. The van der Waals surface area contributed by atoms with Crippen LogP contribution in [0.2, 0.25) is 10.0 Å². The van der Waals surface area contributed by atoms with E-state index in [0.29, 0.717) is 57.8 Å². The summed E-state index contributed by atoms with van der Waals surface area (Å²) >= 11 is 14.6. The molecule has 6 heterocycles. The molecule has 8 rings (SSSR count). The van der Waals surface area contributed by atoms with Gasteiger partial charge in [0.1, 0.15) is 25.4 Å². The van der Waals surface area contributed by atoms with Gasteiger partial charge in [0.05, 0.1) is 41.0 Å². The minimum Gasteiger partial charge on any atom is -0.480 e. The zero-order valence-electron chi connectivity index (χ0n) is 28.3. The van der Waals surface area contributed by atoms with Crippen molar-refractivity contribution in [2.75, 3.05) is 26.2 Å². The summed E-state index contributed by atoms with van der Waals surface area (Å²) in [5.74, 6) is -1.35. The molecule has 2 atom stereocenters. The molecule has 54 heavy (non-hydrogen) atoms. The van der Waals surface area contributed by atoms with Crippen molar-refractivity contribution in [3.8, 4) is 20.9 Å². The summed E-state index contributed by atoms with van der Waals surface area (Å²) in [5.41, 5.74) is 2.26. The van der Waals surface area contributed by atoms with E-state index in [-0.39, 0.29) is 42.5 Å². The number of aliphatic carboxylic acids is 1. The lowest BCUT2D eigenvalue weighted by molar-refractivity contribution is -0.137. The quantitative estimate of drug-likeness (QED) is 0.184. The molecule has 2 saturated heterocycles. The average molecular weight is 838 g/mol. The van der Waals surface area contributed by atoms with Crippen molar-refractivity contribution in [3.63, 3.8) is 0 Å². The van der Waals surface area contributed by atoms with Crippen LogP contribution in [0.3, 0.4) is 0 Å². The lowest BCUT2D eigenvalue weighted by atomic mass is 10.1. The molecular formula is C36H33Cl3F2N6O5S2. The lowest BCUT2D eigenvalue weighted by Crippen LogP contribution is -2.35. The number of likely N-dealkylation sites (tertiary alicyclic amines) is 1. The van der Waals surface area contributed by atoms with Gasteiger partial charge in [0, 0.05) is 43.6 Å². The van der Waals surface area contributed by atoms with E-state index in [1.807, 2.05) is 29.6 Å². The number of hydrogen-bond acceptors (Lipinski definition) is 9. The molecule has 0 bridgehead atoms. The number of thiophene rings is 2. The molecule has 0 aliphatic carbocycles. The van der Waals surface area contributed by atoms with Crippen molar-refractivity contribution in [2.45, 2.75) is 38.3 Å². The van der Waals surface area contributed by atoms with Gasteiger partial charge in [0.15, 0.2) is 0 Å². The SMILES string of the molecule is Cl.FC1CCNC1.O=C(Cn1cnc2csc(-c3ccc(Cl)cc3)c2c1=O)N1CCC(F)C1.O=C(O)Cn1cnc2csc(-c3ccc(Cl)cc3)c2c1=O. The molecule has 284 valence electrons. The zero-order chi connectivity index (χ0) is 37.6. The monoisotopic (exact) mass is 836 g/mol. The second kappa shape index (κ2) is 18.4. The van der Waals surface area contributed by atoms with E-state index in [2.05, 4.69) is 15.3 Å². The lowest BCUT2D eigenvalue weighted by Gasteiger charge is -2.15. The van der Waals surface area contributed by atoms with Crippen LogP contribution in [0, 0.1) is 0 Å². The fraction of sp³-hybridized carbons (Fsp3) is 0.278. The van der Waals surface area contributed by atoms with Gasteiger partial charge in [-0.1, -0.05) is 47.5 Å². The van der Waals surface area contributed by atoms with Gasteiger partial charge in [-0.15, -0.1) is 35.1 Å². The number of benzene rings is 2. The third-order valence-electron chi connectivity index (χ3n) is 8.47. The standard InChI is InChI=1S/C18H15ClFN3O2S.C14H9ClN2O3S.C4H8FN.ClH/c19-12-3-1-11(2-4-12)17-16-14(9-26-17)21-10-23(18(16)25)8-15(24)22-6-5-13(20)7-22;15-9-3-1-8(2-4-9)13-12-10(6-21-13)16-7-17(14(12)20)5-11(18)19;5-4-1-2-6-3-4;/h1-4,9-10,13H,5-8H2;1-4,6-7H,5H2,(H,18,19);4,6H,1-3H2;1H. The first-order chi connectivity index (χ1) is 25.5. The summed E-state index contributed by atoms with van der Waals surface area (Å²) in [7, 11) is 0. The average Bonchev–Trinajstić information content (AvgIpc) is 3.97. The number of carboxylic acid groups (broad SMARTS) is 1. The minimum atomic E-state index is -1.08. The van der Waals surface area contributed by atoms with Gasteiger partial charge in [-0.25, -0.2) is 18.7 Å². The van der Waals surface area contributed by atoms with E-state index in [1.165, 1.54) is 44.8 Å². The predicted octanol–water partition coefficient (Wildman–Crippen LogP) is 6.95. The Hall–Kier alpha value is -4.25. The molecule has 2 unspecified atom stereocenters. The zero-order valence-corrected chi connectivity index (χ0v) is 32.3. The first-order valence-corrected chi connectivity index (χ1v) is 18.9. The number of alkyl halides is 2. The summed E-state index contributed by atoms with van der Waals surface area (Å²) in [5, 5.41) is 17.5. The Morgan fingerprint density at radius 3 is 1.69 bits per heavy atom. The van der Waals surface area contributed by atoms with Crippen molar-refractivity contribution < 1.29 is 23.5 Å². The van der Waals surface area contributed by atoms with Crippen molar-refractivity contribution in [1.29, 1.82) is 0 Å². The van der Waals surface area contributed by atoms with E-state index < -0.39 is 24.9 Å². The van der Waals surface area contributed by atoms with Gasteiger partial charge in [-0.05, 0) is 54.8 Å². The van der Waals surface area contributed by atoms with Gasteiger partial charge < -0.3 is 15.3 Å². The number of carboxylic acids is 1. The van der Waals surface area contributed by atoms with Crippen LogP contribution < -0.4 is 16.4 Å². The number of nitrogens with zero attached hydrogens (tertiary/aromatic N) is 5. The number of carbonyl (C=O) groups is 2. The highest BCUT2D eigenvalue weighted by Crippen LogP contribution is 2.33. The number of fused-ring (bicyclic) bond motifs is 2. The normalized spacial score (nSPS) is 16.3. The number of carbonyl (C=O) groups excluding carboxylic acids is 1. The predicted molar refractivity (Wildman–Crippen MR) is 212 cm³/mol. The second-order valence-electron chi connectivity index (χ2n) is 12.2. The largest absolute Gasteiger partial charge is 0.480 e. The van der Waals surface area contributed by atoms with Crippen molar-refractivity contribution in [3.05, 3.63) is 103 Å². The van der Waals surface area contributed by atoms with Crippen LogP contribution in [0.5, 0.6) is 0 Å². The molecule has 2 aromatic carbocycles. The van der Waals surface area contributed by atoms with Gasteiger partial charge in [-0.2, -0.15) is 0 Å². The molecule has 0 spiro atoms. The van der Waals surface area contributed by atoms with E-state index >= 15 is 0 Å². The van der Waals surface area contributed by atoms with Gasteiger partial charge >= 0.3 is 5.97 Å². The Morgan fingerprint density at radius 1 is 0.796 bits per heavy atom. The molecule has 18 heteroatoms. The summed E-state index contributed by atoms with van der Waals surface area (Å²) in [6.07, 6.45) is 2.15. The maximum atomic E-state index is 13.3. The smallest absolute Gasteiger partial charge is 0.323 e. The third kappa shape index (κ3) is 9.70. The van der Waals surface area contributed by atoms with E-state index in [9.17, 15) is 28.0 Å². The highest BCUT2D eigenvalue weighted by molar-refractivity contribution is 7.15. The fourth-order valence-corrected chi connectivity index (χ4v) is 8.00. The molecule has 1 amide bonds. The Bertz CT molecular complexity index is 2360. The molecule has 0 radical (unpaired) electrons. The van der Waals surface area contributed by atoms with Crippen molar-refractivity contribution in [1.82, 2.24) is 29.3 Å². The molecule has 6 aromatic rings. The van der Waals surface area contributed by atoms with E-state index in [1.54, 1.807) is 29.6 Å². The molecule has 4 aromatic heterocycles. The summed E-state index contributed by atoms with van der Waals surface area (Å²) < 4.78 is 27.6. The van der Waals surface area contributed by atoms with Crippen LogP contribution in [0.15, 0.2) is 81.5 Å². The number of rotatable bonds is 6. The van der Waals surface area contributed by atoms with Crippen LogP contribution in [0.1, 0.15) is 12.8 Å². The molecule has 2 aliphatic rings. The Balaban J connectivity index is 0.000000180. The molecule has 2 N–H and O–H groups in total. The van der Waals surface area contributed by atoms with Crippen molar-refractivity contribution in [2.24, 2.45) is 0 Å². The summed E-state index contributed by atoms with van der Waals surface area (Å²) in [6.45, 7) is 1.37. The first-order valence-electron chi connectivity index (χ1n) is 16.4. The van der Waals surface area contributed by atoms with E-state index in [4.69, 9.17) is 28.3 Å². The summed E-state index contributed by atoms with van der Waals surface area (Å²) in [4.78, 5) is 59.9. The van der Waals surface area contributed by atoms with Gasteiger partial charge in [0.25, 0.3) is 11.1 Å². The summed E-state index contributed by atoms with van der Waals surface area (Å²) in [6, 6.07) is 14.4. The molecule has 11 nitrogen and oxygen atoms in total. The minimum absolute atomic E-state index is 0. The second-order valence-corrected chi connectivity index (χ2v) is 14.9. The molecular weight excluding hydrogens is 805 g/mol. The maximum absolute atomic E-state index is 13.3. The molecule has 2 aliphatic heterocycles. The first kappa shape index (κ1) is 40.9. The fourth-order valence-electron chi connectivity index (χ4n) is 5.76. The highest BCUT2D eigenvalue weighted by Gasteiger charge is 2.26. The van der Waals surface area contributed by atoms with E-state index in [0.717, 1.165) is 32.0 Å². The van der Waals surface area contributed by atoms with Crippen LogP contribution in [-0.2, 0) is 22.7 Å². The number of aromatic nitrogens is 4. The Morgan fingerprint density at radius 2 is 1.30 bits per heavy atom. The van der Waals surface area contributed by atoms with Crippen molar-refractivity contribution >= 4 is 92.0 Å². The third-order valence-corrected chi connectivity index (χ3v) is 11.0. The number of amides is 1. The highest BCUT2D eigenvalue weighted by atomic mass is 35.5. The number of nitrogens with one attached hydrogen (secondary N) is 1. The maximum Gasteiger partial charge on any atom is 0.323 e. The molecule has 2 fully saturated rings. The van der Waals surface area contributed by atoms with Crippen LogP contribution in [0.4, 0.5) is 8.78 Å². The van der Waals surface area contributed by atoms with Crippen LogP contribution in [-0.4, -0.2) is 79.5 Å². The Labute approximate surface area is 331 Å².